The first-order valence-electron chi connectivity index (χ1n) is 9.04. The molecule has 0 aliphatic carbocycles. The monoisotopic (exact) mass is 352 g/mol. The Morgan fingerprint density at radius 3 is 2.46 bits per heavy atom. The Balaban J connectivity index is 0.000000174. The molecule has 26 heavy (non-hydrogen) atoms. The second-order valence-electron chi connectivity index (χ2n) is 6.84. The number of anilines is 1. The molecule has 0 saturated carbocycles. The first-order chi connectivity index (χ1) is 12.7. The van der Waals surface area contributed by atoms with Crippen LogP contribution in [0.5, 0.6) is 5.75 Å². The molecule has 2 bridgehead atoms. The molecule has 0 atom stereocenters. The van der Waals surface area contributed by atoms with Gasteiger partial charge in [0.05, 0.1) is 31.4 Å². The summed E-state index contributed by atoms with van der Waals surface area (Å²) in [5, 5.41) is 0. The Labute approximate surface area is 152 Å². The van der Waals surface area contributed by atoms with Gasteiger partial charge in [0.2, 0.25) is 0 Å². The van der Waals surface area contributed by atoms with E-state index in [1.54, 1.807) is 19.5 Å². The van der Waals surface area contributed by atoms with Crippen LogP contribution in [0, 0.1) is 5.92 Å². The lowest BCUT2D eigenvalue weighted by Gasteiger charge is -2.38. The SMILES string of the molecule is C1CN2CCC1CC2.COc1ccn2c(-c3cncc(N)n3)cnc2c1. The molecule has 0 spiro atoms. The van der Waals surface area contributed by atoms with E-state index in [4.69, 9.17) is 10.5 Å². The third-order valence-corrected chi connectivity index (χ3v) is 5.20. The number of rotatable bonds is 2. The van der Waals surface area contributed by atoms with Gasteiger partial charge in [-0.25, -0.2) is 9.97 Å². The van der Waals surface area contributed by atoms with Gasteiger partial charge in [0.1, 0.15) is 22.9 Å². The maximum Gasteiger partial charge on any atom is 0.142 e. The average molecular weight is 352 g/mol. The molecular formula is C19H24N6O. The summed E-state index contributed by atoms with van der Waals surface area (Å²) < 4.78 is 7.06. The van der Waals surface area contributed by atoms with Gasteiger partial charge >= 0.3 is 0 Å². The first kappa shape index (κ1) is 16.8. The highest BCUT2D eigenvalue weighted by Gasteiger charge is 2.24. The van der Waals surface area contributed by atoms with Gasteiger partial charge in [-0.15, -0.1) is 0 Å². The summed E-state index contributed by atoms with van der Waals surface area (Å²) in [6, 6.07) is 3.71. The normalized spacial score (nSPS) is 21.3. The lowest BCUT2D eigenvalue weighted by molar-refractivity contribution is 0.111. The minimum Gasteiger partial charge on any atom is -0.497 e. The van der Waals surface area contributed by atoms with Crippen molar-refractivity contribution in [1.29, 1.82) is 0 Å². The van der Waals surface area contributed by atoms with Crippen molar-refractivity contribution in [2.24, 2.45) is 5.92 Å². The smallest absolute Gasteiger partial charge is 0.142 e. The summed E-state index contributed by atoms with van der Waals surface area (Å²) in [7, 11) is 1.62. The molecule has 6 rings (SSSR count). The van der Waals surface area contributed by atoms with E-state index in [9.17, 15) is 0 Å². The number of hydrogen-bond acceptors (Lipinski definition) is 6. The Morgan fingerprint density at radius 2 is 1.88 bits per heavy atom. The second kappa shape index (κ2) is 7.29. The van der Waals surface area contributed by atoms with Gasteiger partial charge in [-0.1, -0.05) is 0 Å². The van der Waals surface area contributed by atoms with E-state index in [2.05, 4.69) is 19.9 Å². The highest BCUT2D eigenvalue weighted by Crippen LogP contribution is 2.26. The Bertz CT molecular complexity index is 862. The molecule has 6 heterocycles. The number of methoxy groups -OCH3 is 1. The highest BCUT2D eigenvalue weighted by atomic mass is 16.5. The maximum atomic E-state index is 5.63. The molecule has 0 unspecified atom stereocenters. The fourth-order valence-corrected chi connectivity index (χ4v) is 3.65. The molecule has 3 saturated heterocycles. The average Bonchev–Trinajstić information content (AvgIpc) is 3.13. The third kappa shape index (κ3) is 3.48. The van der Waals surface area contributed by atoms with Gasteiger partial charge in [0.25, 0.3) is 0 Å². The topological polar surface area (TPSA) is 81.6 Å². The molecule has 3 aromatic rings. The minimum atomic E-state index is 0.385. The van der Waals surface area contributed by atoms with E-state index in [1.807, 2.05) is 22.7 Å². The van der Waals surface area contributed by atoms with Gasteiger partial charge in [-0.05, 0) is 50.9 Å². The summed E-state index contributed by atoms with van der Waals surface area (Å²) in [6.07, 6.45) is 11.2. The van der Waals surface area contributed by atoms with E-state index in [-0.39, 0.29) is 0 Å². The molecule has 136 valence electrons. The van der Waals surface area contributed by atoms with E-state index in [0.717, 1.165) is 23.0 Å². The number of nitrogens with zero attached hydrogens (tertiary/aromatic N) is 5. The summed E-state index contributed by atoms with van der Waals surface area (Å²) in [4.78, 5) is 15.1. The van der Waals surface area contributed by atoms with Crippen LogP contribution in [-0.4, -0.2) is 51.0 Å². The van der Waals surface area contributed by atoms with Gasteiger partial charge in [0, 0.05) is 12.3 Å². The van der Waals surface area contributed by atoms with Crippen molar-refractivity contribution in [1.82, 2.24) is 24.3 Å². The van der Waals surface area contributed by atoms with Crippen LogP contribution in [0.2, 0.25) is 0 Å². The highest BCUT2D eigenvalue weighted by molar-refractivity contribution is 5.61. The predicted molar refractivity (Wildman–Crippen MR) is 101 cm³/mol. The number of piperidine rings is 3. The fourth-order valence-electron chi connectivity index (χ4n) is 3.65. The van der Waals surface area contributed by atoms with Gasteiger partial charge < -0.3 is 15.4 Å². The molecule has 0 aromatic carbocycles. The van der Waals surface area contributed by atoms with Crippen LogP contribution < -0.4 is 10.5 Å². The van der Waals surface area contributed by atoms with Crippen LogP contribution in [0.3, 0.4) is 0 Å². The zero-order chi connectivity index (χ0) is 17.9. The lowest BCUT2D eigenvalue weighted by atomic mass is 9.89. The number of pyridine rings is 1. The van der Waals surface area contributed by atoms with Crippen molar-refractivity contribution in [3.63, 3.8) is 0 Å². The molecule has 3 aliphatic heterocycles. The Hall–Kier alpha value is -2.67. The minimum absolute atomic E-state index is 0.385. The molecule has 3 aliphatic rings. The maximum absolute atomic E-state index is 5.63. The second-order valence-corrected chi connectivity index (χ2v) is 6.84. The number of nitrogens with two attached hydrogens (primary N) is 1. The number of ether oxygens (including phenoxy) is 1. The van der Waals surface area contributed by atoms with Gasteiger partial charge in [-0.3, -0.25) is 9.38 Å². The van der Waals surface area contributed by atoms with Crippen LogP contribution in [-0.2, 0) is 0 Å². The zero-order valence-electron chi connectivity index (χ0n) is 15.0. The van der Waals surface area contributed by atoms with E-state index < -0.39 is 0 Å². The summed E-state index contributed by atoms with van der Waals surface area (Å²) in [5.41, 5.74) is 7.94. The first-order valence-corrected chi connectivity index (χ1v) is 9.04. The number of fused-ring (bicyclic) bond motifs is 4. The van der Waals surface area contributed by atoms with Crippen molar-refractivity contribution >= 4 is 11.5 Å². The van der Waals surface area contributed by atoms with Crippen molar-refractivity contribution in [2.75, 3.05) is 32.5 Å². The zero-order valence-corrected chi connectivity index (χ0v) is 15.0. The number of nitrogen functional groups attached to an aromatic ring is 1. The van der Waals surface area contributed by atoms with E-state index >= 15 is 0 Å². The van der Waals surface area contributed by atoms with Crippen LogP contribution in [0.1, 0.15) is 19.3 Å². The van der Waals surface area contributed by atoms with Gasteiger partial charge in [-0.2, -0.15) is 0 Å². The molecule has 7 nitrogen and oxygen atoms in total. The quantitative estimate of drug-likeness (QED) is 0.763. The van der Waals surface area contributed by atoms with Crippen LogP contribution in [0.15, 0.2) is 36.9 Å². The van der Waals surface area contributed by atoms with Crippen molar-refractivity contribution in [3.05, 3.63) is 36.9 Å². The Morgan fingerprint density at radius 1 is 1.12 bits per heavy atom. The lowest BCUT2D eigenvalue weighted by Crippen LogP contribution is -2.41. The van der Waals surface area contributed by atoms with Crippen molar-refractivity contribution in [3.8, 4) is 17.1 Å². The summed E-state index contributed by atoms with van der Waals surface area (Å²) >= 11 is 0. The molecule has 3 fully saturated rings. The third-order valence-electron chi connectivity index (χ3n) is 5.20. The molecule has 0 radical (unpaired) electrons. The number of hydrogen-bond donors (Lipinski definition) is 1. The van der Waals surface area contributed by atoms with Crippen molar-refractivity contribution in [2.45, 2.75) is 19.3 Å². The molecule has 3 aromatic heterocycles. The van der Waals surface area contributed by atoms with Gasteiger partial charge in [0.15, 0.2) is 0 Å². The van der Waals surface area contributed by atoms with E-state index in [0.29, 0.717) is 11.5 Å². The molecular weight excluding hydrogens is 328 g/mol. The summed E-state index contributed by atoms with van der Waals surface area (Å²) in [5.74, 6) is 2.26. The van der Waals surface area contributed by atoms with E-state index in [1.165, 1.54) is 45.1 Å². The van der Waals surface area contributed by atoms with Crippen LogP contribution in [0.25, 0.3) is 17.0 Å². The number of imidazole rings is 1. The number of aromatic nitrogens is 4. The fraction of sp³-hybridized carbons (Fsp3) is 0.421. The Kier molecular flexibility index (Phi) is 4.71. The predicted octanol–water partition coefficient (Wildman–Crippen LogP) is 2.48. The standard InChI is InChI=1S/C12H11N5O.C7H13N/c1-18-8-2-3-17-10(6-15-12(17)4-8)9-5-14-7-11(13)16-9;1-4-8-5-2-7(1)3-6-8/h2-7H,1H3,(H2,13,16);7H,1-6H2. The largest absolute Gasteiger partial charge is 0.497 e. The molecule has 2 N–H and O–H groups in total. The van der Waals surface area contributed by atoms with Crippen molar-refractivity contribution < 1.29 is 4.74 Å². The summed E-state index contributed by atoms with van der Waals surface area (Å²) in [6.45, 7) is 4.18. The van der Waals surface area contributed by atoms with Crippen LogP contribution >= 0.6 is 0 Å². The molecule has 0 amide bonds. The molecule has 7 heteroatoms. The van der Waals surface area contributed by atoms with Crippen LogP contribution in [0.4, 0.5) is 5.82 Å².